The number of aliphatic hydroxyl groups excluding tert-OH is 1. The van der Waals surface area contributed by atoms with Crippen LogP contribution in [-0.4, -0.2) is 22.2 Å². The molecule has 0 aliphatic carbocycles. The van der Waals surface area contributed by atoms with Gasteiger partial charge in [-0.2, -0.15) is 0 Å². The van der Waals surface area contributed by atoms with Gasteiger partial charge in [0.15, 0.2) is 0 Å². The third-order valence-corrected chi connectivity index (χ3v) is 4.65. The third-order valence-electron chi connectivity index (χ3n) is 3.71. The summed E-state index contributed by atoms with van der Waals surface area (Å²) in [4.78, 5) is 4.67. The van der Waals surface area contributed by atoms with Crippen LogP contribution in [0.2, 0.25) is 0 Å². The van der Waals surface area contributed by atoms with Crippen molar-refractivity contribution in [2.45, 2.75) is 38.8 Å². The van der Waals surface area contributed by atoms with E-state index < -0.39 is 0 Å². The van der Waals surface area contributed by atoms with E-state index in [1.54, 1.807) is 11.3 Å². The largest absolute Gasteiger partial charge is 0.396 e. The van der Waals surface area contributed by atoms with E-state index in [2.05, 4.69) is 41.7 Å². The van der Waals surface area contributed by atoms with Crippen LogP contribution in [0.4, 0.5) is 0 Å². The van der Waals surface area contributed by atoms with Crippen molar-refractivity contribution >= 4 is 11.3 Å². The third kappa shape index (κ3) is 3.88. The molecule has 0 bridgehead atoms. The average molecular weight is 290 g/mol. The lowest BCUT2D eigenvalue weighted by Crippen LogP contribution is -2.42. The van der Waals surface area contributed by atoms with Gasteiger partial charge in [0.2, 0.25) is 0 Å². The van der Waals surface area contributed by atoms with Gasteiger partial charge in [0.25, 0.3) is 0 Å². The minimum atomic E-state index is -0.0225. The molecule has 1 unspecified atom stereocenters. The average Bonchev–Trinajstić information content (AvgIpc) is 2.95. The van der Waals surface area contributed by atoms with Crippen LogP contribution < -0.4 is 5.32 Å². The van der Waals surface area contributed by atoms with E-state index in [9.17, 15) is 0 Å². The zero-order chi connectivity index (χ0) is 14.4. The van der Waals surface area contributed by atoms with Crippen molar-refractivity contribution in [3.63, 3.8) is 0 Å². The molecule has 20 heavy (non-hydrogen) atoms. The molecule has 0 aliphatic rings. The van der Waals surface area contributed by atoms with E-state index in [0.717, 1.165) is 35.7 Å². The Morgan fingerprint density at radius 3 is 2.70 bits per heavy atom. The number of rotatable bonds is 7. The highest BCUT2D eigenvalue weighted by Crippen LogP contribution is 2.23. The topological polar surface area (TPSA) is 45.1 Å². The van der Waals surface area contributed by atoms with E-state index in [4.69, 9.17) is 5.11 Å². The molecule has 4 heteroatoms. The monoisotopic (exact) mass is 290 g/mol. The van der Waals surface area contributed by atoms with Gasteiger partial charge < -0.3 is 10.4 Å². The molecule has 0 spiro atoms. The second-order valence-corrected chi connectivity index (χ2v) is 6.11. The summed E-state index contributed by atoms with van der Waals surface area (Å²) in [6.07, 6.45) is 1.75. The minimum absolute atomic E-state index is 0.0225. The first kappa shape index (κ1) is 15.2. The van der Waals surface area contributed by atoms with Gasteiger partial charge in [-0.3, -0.25) is 0 Å². The van der Waals surface area contributed by atoms with Crippen molar-refractivity contribution in [2.75, 3.05) is 6.61 Å². The molecule has 0 fully saturated rings. The lowest BCUT2D eigenvalue weighted by Gasteiger charge is -2.28. The van der Waals surface area contributed by atoms with Gasteiger partial charge in [-0.25, -0.2) is 4.98 Å². The van der Waals surface area contributed by atoms with Gasteiger partial charge in [0, 0.05) is 29.6 Å². The zero-order valence-electron chi connectivity index (χ0n) is 12.1. The molecule has 2 N–H and O–H groups in total. The zero-order valence-corrected chi connectivity index (χ0v) is 12.9. The Balaban J connectivity index is 2.00. The van der Waals surface area contributed by atoms with E-state index in [0.29, 0.717) is 0 Å². The number of aliphatic hydroxyl groups is 1. The highest BCUT2D eigenvalue weighted by molar-refractivity contribution is 7.13. The molecule has 108 valence electrons. The highest BCUT2D eigenvalue weighted by atomic mass is 32.1. The summed E-state index contributed by atoms with van der Waals surface area (Å²) in [6.45, 7) is 5.24. The van der Waals surface area contributed by atoms with Crippen molar-refractivity contribution in [1.82, 2.24) is 10.3 Å². The molecule has 0 radical (unpaired) electrons. The quantitative estimate of drug-likeness (QED) is 0.821. The molecule has 0 aliphatic heterocycles. The number of aromatic nitrogens is 1. The molecule has 1 aromatic heterocycles. The van der Waals surface area contributed by atoms with E-state index in [1.807, 2.05) is 18.2 Å². The fourth-order valence-electron chi connectivity index (χ4n) is 2.04. The van der Waals surface area contributed by atoms with E-state index in [1.165, 1.54) is 0 Å². The molecule has 0 saturated heterocycles. The maximum Gasteiger partial charge on any atom is 0.123 e. The van der Waals surface area contributed by atoms with Gasteiger partial charge in [-0.05, 0) is 19.8 Å². The first-order chi connectivity index (χ1) is 9.67. The molecule has 2 rings (SSSR count). The molecular weight excluding hydrogens is 268 g/mol. The maximum atomic E-state index is 9.13. The Kier molecular flexibility index (Phi) is 5.29. The first-order valence-electron chi connectivity index (χ1n) is 7.02. The van der Waals surface area contributed by atoms with Gasteiger partial charge in [0.05, 0.1) is 5.69 Å². The van der Waals surface area contributed by atoms with Crippen LogP contribution in [0.15, 0.2) is 35.7 Å². The molecule has 1 atom stereocenters. The molecule has 0 saturated carbocycles. The summed E-state index contributed by atoms with van der Waals surface area (Å²) in [5.41, 5.74) is 2.20. The van der Waals surface area contributed by atoms with Crippen molar-refractivity contribution in [3.8, 4) is 10.6 Å². The van der Waals surface area contributed by atoms with Gasteiger partial charge in [-0.15, -0.1) is 11.3 Å². The van der Waals surface area contributed by atoms with Crippen LogP contribution in [0.25, 0.3) is 10.6 Å². The standard InChI is InChI=1S/C16H22N2OS/c1-3-16(2,9-10-19)17-11-14-12-20-15(18-14)13-7-5-4-6-8-13/h4-8,12,17,19H,3,9-11H2,1-2H3. The number of nitrogens with zero attached hydrogens (tertiary/aromatic N) is 1. The number of hydrogen-bond donors (Lipinski definition) is 2. The lowest BCUT2D eigenvalue weighted by atomic mass is 9.95. The normalized spacial score (nSPS) is 14.2. The van der Waals surface area contributed by atoms with Crippen LogP contribution in [0, 0.1) is 0 Å². The molecule has 1 aromatic carbocycles. The SMILES string of the molecule is CCC(C)(CCO)NCc1csc(-c2ccccc2)n1. The van der Waals surface area contributed by atoms with Gasteiger partial charge >= 0.3 is 0 Å². The van der Waals surface area contributed by atoms with Crippen molar-refractivity contribution < 1.29 is 5.11 Å². The first-order valence-corrected chi connectivity index (χ1v) is 7.90. The fourth-order valence-corrected chi connectivity index (χ4v) is 2.87. The summed E-state index contributed by atoms with van der Waals surface area (Å²) in [7, 11) is 0. The van der Waals surface area contributed by atoms with Crippen LogP contribution in [0.1, 0.15) is 32.4 Å². The molecule has 3 nitrogen and oxygen atoms in total. The second kappa shape index (κ2) is 6.97. The van der Waals surface area contributed by atoms with Crippen LogP contribution in [-0.2, 0) is 6.54 Å². The minimum Gasteiger partial charge on any atom is -0.396 e. The van der Waals surface area contributed by atoms with Crippen molar-refractivity contribution in [1.29, 1.82) is 0 Å². The summed E-state index contributed by atoms with van der Waals surface area (Å²) in [5.74, 6) is 0. The number of nitrogens with one attached hydrogen (secondary N) is 1. The number of hydrogen-bond acceptors (Lipinski definition) is 4. The summed E-state index contributed by atoms with van der Waals surface area (Å²) >= 11 is 1.67. The van der Waals surface area contributed by atoms with E-state index in [-0.39, 0.29) is 12.1 Å². The Bertz CT molecular complexity index is 526. The van der Waals surface area contributed by atoms with Gasteiger partial charge in [-0.1, -0.05) is 37.3 Å². The lowest BCUT2D eigenvalue weighted by molar-refractivity contribution is 0.214. The Morgan fingerprint density at radius 1 is 1.30 bits per heavy atom. The smallest absolute Gasteiger partial charge is 0.123 e. The van der Waals surface area contributed by atoms with Crippen LogP contribution >= 0.6 is 11.3 Å². The predicted octanol–water partition coefficient (Wildman–Crippen LogP) is 3.45. The van der Waals surface area contributed by atoms with E-state index >= 15 is 0 Å². The number of benzene rings is 1. The maximum absolute atomic E-state index is 9.13. The molecule has 2 aromatic rings. The van der Waals surface area contributed by atoms with Gasteiger partial charge in [0.1, 0.15) is 5.01 Å². The Labute approximate surface area is 124 Å². The predicted molar refractivity (Wildman–Crippen MR) is 84.8 cm³/mol. The van der Waals surface area contributed by atoms with Crippen molar-refractivity contribution in [3.05, 3.63) is 41.4 Å². The number of thiazole rings is 1. The fraction of sp³-hybridized carbons (Fsp3) is 0.438. The van der Waals surface area contributed by atoms with Crippen LogP contribution in [0.3, 0.4) is 0 Å². The second-order valence-electron chi connectivity index (χ2n) is 5.25. The summed E-state index contributed by atoms with van der Waals surface area (Å²) in [6, 6.07) is 10.2. The molecule has 0 amide bonds. The van der Waals surface area contributed by atoms with Crippen molar-refractivity contribution in [2.24, 2.45) is 0 Å². The molecular formula is C16H22N2OS. The molecule has 1 heterocycles. The Hall–Kier alpha value is -1.23. The summed E-state index contributed by atoms with van der Waals surface area (Å²) in [5, 5.41) is 15.8. The van der Waals surface area contributed by atoms with Crippen LogP contribution in [0.5, 0.6) is 0 Å². The Morgan fingerprint density at radius 2 is 2.05 bits per heavy atom. The highest BCUT2D eigenvalue weighted by Gasteiger charge is 2.20. The summed E-state index contributed by atoms with van der Waals surface area (Å²) < 4.78 is 0.